The molecule has 6 heterocycles. The highest BCUT2D eigenvalue weighted by Crippen LogP contribution is 3.10. The lowest BCUT2D eigenvalue weighted by molar-refractivity contribution is -0.385. The van der Waals surface area contributed by atoms with E-state index in [1.54, 1.807) is 38.1 Å². The van der Waals surface area contributed by atoms with Crippen molar-refractivity contribution in [2.75, 3.05) is 27.4 Å². The third-order valence-electron chi connectivity index (χ3n) is 44.3. The Labute approximate surface area is 836 Å². The lowest BCUT2D eigenvalue weighted by Crippen LogP contribution is -2.62. The van der Waals surface area contributed by atoms with E-state index in [1.807, 2.05) is 84.9 Å². The van der Waals surface area contributed by atoms with Gasteiger partial charge in [0, 0.05) is 46.2 Å². The van der Waals surface area contributed by atoms with Gasteiger partial charge in [0.1, 0.15) is 25.4 Å². The summed E-state index contributed by atoms with van der Waals surface area (Å²) in [5, 5.41) is 38.1. The molecule has 0 saturated heterocycles. The van der Waals surface area contributed by atoms with Crippen molar-refractivity contribution in [3.63, 3.8) is 0 Å². The highest BCUT2D eigenvalue weighted by molar-refractivity contribution is 6.62. The molecule has 10 unspecified atom stereocenters. The highest BCUT2D eigenvalue weighted by Gasteiger charge is 3.12. The maximum Gasteiger partial charge on any atom is 0.326 e. The van der Waals surface area contributed by atoms with Crippen molar-refractivity contribution in [3.8, 4) is 101 Å². The molecule has 149 heavy (non-hydrogen) atoms. The predicted octanol–water partition coefficient (Wildman–Crippen LogP) is 18.9. The Morgan fingerprint density at radius 1 is 0.322 bits per heavy atom. The number of nitrogens with zero attached hydrogens (tertiary/aromatic N) is 2. The molecular weight excluding hydrogens is 1870 g/mol. The van der Waals surface area contributed by atoms with Crippen LogP contribution >= 0.6 is 0 Å². The Morgan fingerprint density at radius 3 is 0.872 bits per heavy atom. The number of hydrogen-bond acceptors (Lipinski definition) is 20. The summed E-state index contributed by atoms with van der Waals surface area (Å²) in [6.07, 6.45) is 1.62. The van der Waals surface area contributed by atoms with E-state index in [1.165, 1.54) is 38.5 Å². The van der Waals surface area contributed by atoms with Gasteiger partial charge in [-0.1, -0.05) is 96.8 Å². The first-order chi connectivity index (χ1) is 72.8. The van der Waals surface area contributed by atoms with E-state index in [0.29, 0.717) is 100 Å². The number of benzene rings is 16. The lowest BCUT2D eigenvalue weighted by atomic mass is 9.41. The number of carbonyl (C=O) groups excluding carboxylic acids is 8. The van der Waals surface area contributed by atoms with Gasteiger partial charge in [-0.15, -0.1) is 0 Å². The summed E-state index contributed by atoms with van der Waals surface area (Å²) in [5.74, 6) is 0.447. The van der Waals surface area contributed by atoms with Crippen LogP contribution in [0.1, 0.15) is 182 Å². The topological polar surface area (TPSA) is 297 Å². The van der Waals surface area contributed by atoms with Crippen LogP contribution in [0.25, 0.3) is 176 Å². The normalized spacial score (nSPS) is 28.9. The quantitative estimate of drug-likeness (QED) is 0.0165. The van der Waals surface area contributed by atoms with Gasteiger partial charge >= 0.3 is 47.8 Å². The van der Waals surface area contributed by atoms with E-state index < -0.39 is 153 Å². The fourth-order valence-corrected chi connectivity index (χ4v) is 42.6. The summed E-state index contributed by atoms with van der Waals surface area (Å²) in [7, 11) is 2.72. The number of nitro benzene ring substituents is 2. The van der Waals surface area contributed by atoms with E-state index in [4.69, 9.17) is 37.9 Å². The summed E-state index contributed by atoms with van der Waals surface area (Å²) in [6, 6.07) is 47.4. The zero-order valence-electron chi connectivity index (χ0n) is 78.5. The molecular formula is C127H58N2O20. The molecule has 20 bridgehead atoms. The number of carbonyl (C=O) groups is 8. The number of esters is 8. The average Bonchev–Trinajstić information content (AvgIpc) is 1.32. The molecule has 25 aliphatic carbocycles. The fourth-order valence-electron chi connectivity index (χ4n) is 42.6. The third-order valence-corrected chi connectivity index (χ3v) is 44.3. The number of hydrogen-bond donors (Lipinski definition) is 0. The second kappa shape index (κ2) is 20.3. The Balaban J connectivity index is 0.775. The highest BCUT2D eigenvalue weighted by atomic mass is 16.6. The third kappa shape index (κ3) is 5.34. The minimum atomic E-state index is -2.68. The molecule has 10 spiro atoms. The number of allylic oxidation sites excluding steroid dienone is 2. The van der Waals surface area contributed by atoms with Crippen LogP contribution in [0.4, 0.5) is 11.4 Å². The first-order valence-corrected chi connectivity index (χ1v) is 51.5. The number of rotatable bonds is 16. The molecule has 18 aromatic rings. The minimum Gasteiger partial charge on any atom is -0.468 e. The minimum absolute atomic E-state index is 0.153. The van der Waals surface area contributed by atoms with Gasteiger partial charge in [0.25, 0.3) is 11.4 Å². The number of methoxy groups -OCH3 is 2. The Morgan fingerprint density at radius 2 is 0.584 bits per heavy atom. The SMILES string of the molecule is CCOC(=O)C1(C(=O)OCC)C23c4c5c6c7c8c4-c4c9c%10c%11c%12c4C12c1c-%12c2c4c%12c%13c%14c%15c%16c%17c%18c%19c%20c%21c%22c(c-5c3c3c1c4c(c%223)c(c%21%17)c%12%16)C%201C3C=C(c4ccccc4)CC61c1c-7c4c5c(c1-%19)C%181C(C(=O)OCc6ccc([N+](=O)[O-])cc6)(C(=O)OCc6ccc([N+](=O)[O-])cc6)C%151c1c-%14c(c-%10c(c1-5)C41C(C(=O)OC)(C(=O)OC)C891)C%111CC(c4ccccc4)=CC(OC(=O)Cc4ccc(cc4)C#Cc4ccc(cc4)CC(=O)O3)C2%131. The van der Waals surface area contributed by atoms with Gasteiger partial charge in [0.05, 0.1) is 93.4 Å². The van der Waals surface area contributed by atoms with Crippen LogP contribution in [-0.4, -0.2) is 97.2 Å². The molecule has 0 radical (unpaired) electrons. The lowest BCUT2D eigenvalue weighted by Gasteiger charge is -2.60. The summed E-state index contributed by atoms with van der Waals surface area (Å²) < 4.78 is 59.7. The maximum absolute atomic E-state index is 19.6. The van der Waals surface area contributed by atoms with Crippen LogP contribution in [0, 0.1) is 48.3 Å². The first kappa shape index (κ1) is 74.3. The van der Waals surface area contributed by atoms with E-state index in [-0.39, 0.29) is 50.3 Å². The molecule has 0 N–H and O–H groups in total. The van der Waals surface area contributed by atoms with Crippen molar-refractivity contribution < 1.29 is 86.1 Å². The second-order valence-corrected chi connectivity index (χ2v) is 46.6. The largest absolute Gasteiger partial charge is 0.468 e. The van der Waals surface area contributed by atoms with Gasteiger partial charge in [-0.3, -0.25) is 58.6 Å². The zero-order valence-corrected chi connectivity index (χ0v) is 78.5. The van der Waals surface area contributed by atoms with Crippen molar-refractivity contribution in [2.24, 2.45) is 16.2 Å². The average molecular weight is 1930 g/mol. The van der Waals surface area contributed by atoms with E-state index >= 15 is 38.4 Å². The standard InChI is InChI=1S/C127H58N2O20/c1-5-144-111(134)126(112(135)145-6-2)119-97-69-61-59-60-63-67-65(61)93-81(97)77-89-73-75-91-79-83-95(67)117(93)55(37-51(39-115(89,91)117)49-13-9-7-10-14-49)148-57(130)35-45-23-19-43(20-24-45)17-18-44-21-25-46(26-22-44)36-58(131)149-56-38-52(50-15-11-8-12-16-50)40-116-90-74-76-92(116)80-84-96-68-64(60)72-71(63)99(83)121-107(79)87-88(108(80)122(121,100(72)84)127(121,113(136)146-41-47-27-31-53(32-28-47)128(138)139)114(137)147-42-48-29-33-54(34-30-48)129(140)141)104(76)124(103(75)87)123(125(124,109(132)142-3)110(133)143-4)101(73)85(105(77)119)86(102(74)123)106-78(90)82-94(118(56,96)116)66(68)62(59)70(69)98(82)120(106,119)126/h7-16,19-34,37-38,55-56H,5-6,35-36,39-42H2,1-4H3. The number of nitro groups is 2. The van der Waals surface area contributed by atoms with Crippen LogP contribution < -0.4 is 0 Å². The first-order valence-electron chi connectivity index (χ1n) is 51.5. The summed E-state index contributed by atoms with van der Waals surface area (Å²) in [5.41, 5.74) is 6.78. The molecule has 10 atom stereocenters. The second-order valence-electron chi connectivity index (χ2n) is 46.6. The maximum atomic E-state index is 19.6. The smallest absolute Gasteiger partial charge is 0.326 e. The molecule has 22 heteroatoms. The number of non-ortho nitro benzene ring substituents is 2. The molecule has 3 saturated carbocycles. The van der Waals surface area contributed by atoms with Crippen LogP contribution in [0.2, 0.25) is 0 Å². The van der Waals surface area contributed by atoms with Crippen LogP contribution in [0.5, 0.6) is 0 Å². The molecule has 0 amide bonds. The molecule has 3 fully saturated rings. The van der Waals surface area contributed by atoms with Crippen molar-refractivity contribution in [2.45, 2.75) is 119 Å². The Kier molecular flexibility index (Phi) is 10.1. The van der Waals surface area contributed by atoms with Gasteiger partial charge in [0.2, 0.25) is 0 Å². The fraction of sp³-hybridized carbons (Fsp3) is 0.213. The van der Waals surface area contributed by atoms with Gasteiger partial charge in [-0.05, 0) is 408 Å². The van der Waals surface area contributed by atoms with Crippen LogP contribution in [0.15, 0.2) is 170 Å². The van der Waals surface area contributed by atoms with E-state index in [9.17, 15) is 20.2 Å². The number of ether oxygens (including phenoxy) is 8. The predicted molar refractivity (Wildman–Crippen MR) is 534 cm³/mol. The van der Waals surface area contributed by atoms with Gasteiger partial charge in [0.15, 0.2) is 16.2 Å². The van der Waals surface area contributed by atoms with E-state index in [2.05, 4.69) is 48.3 Å². The molecule has 22 nitrogen and oxygen atoms in total. The van der Waals surface area contributed by atoms with Crippen LogP contribution in [0.3, 0.4) is 0 Å². The molecule has 696 valence electrons. The van der Waals surface area contributed by atoms with Crippen molar-refractivity contribution >= 4 is 146 Å². The van der Waals surface area contributed by atoms with Gasteiger partial charge < -0.3 is 37.9 Å². The van der Waals surface area contributed by atoms with Gasteiger partial charge in [-0.25, -0.2) is 0 Å². The molecule has 18 aromatic carbocycles. The zero-order chi connectivity index (χ0) is 97.8. The molecule has 31 aliphatic rings. The molecule has 0 aromatic heterocycles. The van der Waals surface area contributed by atoms with Crippen molar-refractivity contribution in [3.05, 3.63) is 346 Å². The van der Waals surface area contributed by atoms with E-state index in [0.717, 1.165) is 231 Å². The Hall–Kier alpha value is -17.6. The summed E-state index contributed by atoms with van der Waals surface area (Å²) in [6.45, 7) is 2.24. The monoisotopic (exact) mass is 1930 g/mol. The summed E-state index contributed by atoms with van der Waals surface area (Å²) >= 11 is 0. The summed E-state index contributed by atoms with van der Waals surface area (Å²) in [4.78, 5) is 174. The molecule has 49 rings (SSSR count). The Bertz CT molecular complexity index is 10200. The van der Waals surface area contributed by atoms with Gasteiger partial charge in [-0.2, -0.15) is 0 Å². The molecule has 6 aliphatic heterocycles. The van der Waals surface area contributed by atoms with Crippen molar-refractivity contribution in [1.82, 2.24) is 0 Å². The van der Waals surface area contributed by atoms with Crippen LogP contribution in [-0.2, 0) is 156 Å². The van der Waals surface area contributed by atoms with Crippen molar-refractivity contribution in [1.29, 1.82) is 0 Å².